The van der Waals surface area contributed by atoms with Gasteiger partial charge in [-0.1, -0.05) is 12.1 Å². The van der Waals surface area contributed by atoms with Crippen molar-refractivity contribution in [1.29, 1.82) is 0 Å². The number of amides is 1. The van der Waals surface area contributed by atoms with E-state index < -0.39 is 18.2 Å². The van der Waals surface area contributed by atoms with Gasteiger partial charge in [-0.2, -0.15) is 0 Å². The Morgan fingerprint density at radius 3 is 2.42 bits per heavy atom. The van der Waals surface area contributed by atoms with Crippen LogP contribution >= 0.6 is 0 Å². The minimum absolute atomic E-state index is 0.151. The highest BCUT2D eigenvalue weighted by atomic mass is 16.5. The van der Waals surface area contributed by atoms with Crippen molar-refractivity contribution in [2.75, 3.05) is 45.3 Å². The maximum absolute atomic E-state index is 12.1. The summed E-state index contributed by atoms with van der Waals surface area (Å²) in [5.41, 5.74) is 0.800. The van der Waals surface area contributed by atoms with Gasteiger partial charge in [0.25, 0.3) is 0 Å². The number of ether oxygens (including phenoxy) is 4. The van der Waals surface area contributed by atoms with Gasteiger partial charge in [-0.15, -0.1) is 0 Å². The van der Waals surface area contributed by atoms with Gasteiger partial charge in [-0.3, -0.25) is 5.32 Å². The molecule has 0 fully saturated rings. The second kappa shape index (κ2) is 13.1. The van der Waals surface area contributed by atoms with Crippen molar-refractivity contribution < 1.29 is 33.6 Å². The van der Waals surface area contributed by atoms with Crippen molar-refractivity contribution >= 4 is 17.7 Å². The highest BCUT2D eigenvalue weighted by Gasteiger charge is 2.12. The van der Waals surface area contributed by atoms with E-state index in [-0.39, 0.29) is 19.8 Å². The van der Waals surface area contributed by atoms with Gasteiger partial charge in [0.1, 0.15) is 19.3 Å². The summed E-state index contributed by atoms with van der Waals surface area (Å²) in [7, 11) is 1.58. The molecule has 3 N–H and O–H groups in total. The first kappa shape index (κ1) is 24.0. The predicted octanol–water partition coefficient (Wildman–Crippen LogP) is 2.45. The van der Waals surface area contributed by atoms with E-state index in [4.69, 9.17) is 18.9 Å². The van der Waals surface area contributed by atoms with Crippen molar-refractivity contribution in [2.45, 2.75) is 13.0 Å². The molecule has 0 aliphatic carbocycles. The van der Waals surface area contributed by atoms with Crippen LogP contribution in [0.3, 0.4) is 0 Å². The lowest BCUT2D eigenvalue weighted by Gasteiger charge is -2.14. The second-order valence-electron chi connectivity index (χ2n) is 6.38. The summed E-state index contributed by atoms with van der Waals surface area (Å²) in [6.07, 6.45) is -1.43. The number of esters is 1. The Balaban J connectivity index is 1.63. The van der Waals surface area contributed by atoms with Crippen molar-refractivity contribution in [3.63, 3.8) is 0 Å². The largest absolute Gasteiger partial charge is 0.493 e. The zero-order valence-electron chi connectivity index (χ0n) is 17.6. The van der Waals surface area contributed by atoms with Crippen molar-refractivity contribution in [3.05, 3.63) is 54.1 Å². The van der Waals surface area contributed by atoms with Crippen LogP contribution in [-0.4, -0.2) is 63.3 Å². The number of methoxy groups -OCH3 is 1. The van der Waals surface area contributed by atoms with Crippen molar-refractivity contribution in [2.24, 2.45) is 0 Å². The maximum Gasteiger partial charge on any atom is 0.411 e. The van der Waals surface area contributed by atoms with E-state index >= 15 is 0 Å². The van der Waals surface area contributed by atoms with Crippen LogP contribution in [0.5, 0.6) is 11.5 Å². The van der Waals surface area contributed by atoms with Gasteiger partial charge in [-0.05, 0) is 43.3 Å². The van der Waals surface area contributed by atoms with E-state index in [2.05, 4.69) is 10.6 Å². The highest BCUT2D eigenvalue weighted by molar-refractivity contribution is 5.91. The molecule has 0 bridgehead atoms. The summed E-state index contributed by atoms with van der Waals surface area (Å²) >= 11 is 0. The number of rotatable bonds is 12. The Hall–Kier alpha value is -3.30. The fourth-order valence-electron chi connectivity index (χ4n) is 2.53. The summed E-state index contributed by atoms with van der Waals surface area (Å²) in [6.45, 7) is 2.95. The maximum atomic E-state index is 12.1. The zero-order valence-corrected chi connectivity index (χ0v) is 17.6. The van der Waals surface area contributed by atoms with Crippen LogP contribution < -0.4 is 20.1 Å². The van der Waals surface area contributed by atoms with E-state index in [9.17, 15) is 14.7 Å². The zero-order chi connectivity index (χ0) is 22.5. The third-order valence-electron chi connectivity index (χ3n) is 4.03. The molecule has 9 nitrogen and oxygen atoms in total. The minimum Gasteiger partial charge on any atom is -0.493 e. The van der Waals surface area contributed by atoms with E-state index in [1.54, 1.807) is 26.2 Å². The van der Waals surface area contributed by atoms with Crippen molar-refractivity contribution in [3.8, 4) is 11.5 Å². The first-order valence-electron chi connectivity index (χ1n) is 9.89. The van der Waals surface area contributed by atoms with Gasteiger partial charge < -0.3 is 29.4 Å². The normalized spacial score (nSPS) is 11.3. The van der Waals surface area contributed by atoms with Crippen LogP contribution in [0.15, 0.2) is 48.5 Å². The number of aliphatic hydroxyl groups excluding tert-OH is 1. The summed E-state index contributed by atoms with van der Waals surface area (Å²) in [5.74, 6) is 0.727. The molecule has 9 heteroatoms. The molecule has 168 valence electrons. The summed E-state index contributed by atoms with van der Waals surface area (Å²) in [6, 6.07) is 13.5. The molecule has 0 radical (unpaired) electrons. The summed E-state index contributed by atoms with van der Waals surface area (Å²) < 4.78 is 20.7. The van der Waals surface area contributed by atoms with Crippen LogP contribution in [-0.2, 0) is 9.47 Å². The highest BCUT2D eigenvalue weighted by Crippen LogP contribution is 2.25. The number of aliphatic hydroxyl groups is 1. The van der Waals surface area contributed by atoms with E-state index in [1.165, 1.54) is 12.1 Å². The molecule has 1 atom stereocenters. The number of carbonyl (C=O) groups is 2. The SMILES string of the molecule is CCOC(=O)Nc1ccc(C(=O)OCC(O)CNCCOc2ccccc2OC)cc1. The van der Waals surface area contributed by atoms with Gasteiger partial charge in [0.15, 0.2) is 11.5 Å². The lowest BCUT2D eigenvalue weighted by atomic mass is 10.2. The Morgan fingerprint density at radius 1 is 1.03 bits per heavy atom. The minimum atomic E-state index is -0.861. The fourth-order valence-corrected chi connectivity index (χ4v) is 2.53. The Kier molecular flexibility index (Phi) is 10.1. The number of hydrogen-bond acceptors (Lipinski definition) is 8. The molecule has 0 saturated carbocycles. The van der Waals surface area contributed by atoms with Gasteiger partial charge in [0.05, 0.1) is 19.3 Å². The topological polar surface area (TPSA) is 115 Å². The Labute approximate surface area is 181 Å². The molecule has 2 rings (SSSR count). The molecule has 2 aromatic carbocycles. The molecule has 0 heterocycles. The molecule has 0 aliphatic heterocycles. The third-order valence-corrected chi connectivity index (χ3v) is 4.03. The molecule has 0 spiro atoms. The number of nitrogens with one attached hydrogen (secondary N) is 2. The molecule has 0 aliphatic rings. The van der Waals surface area contributed by atoms with E-state index in [0.29, 0.717) is 35.9 Å². The quantitative estimate of drug-likeness (QED) is 0.346. The average molecular weight is 432 g/mol. The smallest absolute Gasteiger partial charge is 0.411 e. The number of hydrogen-bond donors (Lipinski definition) is 3. The molecule has 2 aromatic rings. The molecule has 0 aromatic heterocycles. The molecule has 1 amide bonds. The van der Waals surface area contributed by atoms with Gasteiger partial charge in [0, 0.05) is 18.8 Å². The molecule has 1 unspecified atom stereocenters. The van der Waals surface area contributed by atoms with Crippen LogP contribution in [0, 0.1) is 0 Å². The molecule has 0 saturated heterocycles. The van der Waals surface area contributed by atoms with Crippen LogP contribution in [0.25, 0.3) is 0 Å². The standard InChI is InChI=1S/C22H28N2O7/c1-3-29-22(27)24-17-10-8-16(9-11-17)21(26)31-15-18(25)14-23-12-13-30-20-7-5-4-6-19(20)28-2/h4-11,18,23,25H,3,12-15H2,1-2H3,(H,24,27). The average Bonchev–Trinajstić information content (AvgIpc) is 2.78. The van der Waals surface area contributed by atoms with Crippen molar-refractivity contribution in [1.82, 2.24) is 5.32 Å². The summed E-state index contributed by atoms with van der Waals surface area (Å²) in [5, 5.41) is 15.5. The lowest BCUT2D eigenvalue weighted by Crippen LogP contribution is -2.33. The second-order valence-corrected chi connectivity index (χ2v) is 6.38. The van der Waals surface area contributed by atoms with Gasteiger partial charge in [0.2, 0.25) is 0 Å². The first-order valence-corrected chi connectivity index (χ1v) is 9.89. The van der Waals surface area contributed by atoms with Crippen LogP contribution in [0.1, 0.15) is 17.3 Å². The third kappa shape index (κ3) is 8.53. The first-order chi connectivity index (χ1) is 15.0. The Morgan fingerprint density at radius 2 is 1.74 bits per heavy atom. The fraction of sp³-hybridized carbons (Fsp3) is 0.364. The number of para-hydroxylation sites is 2. The van der Waals surface area contributed by atoms with E-state index in [0.717, 1.165) is 0 Å². The van der Waals surface area contributed by atoms with Gasteiger partial charge >= 0.3 is 12.1 Å². The van der Waals surface area contributed by atoms with Gasteiger partial charge in [-0.25, -0.2) is 9.59 Å². The monoisotopic (exact) mass is 432 g/mol. The Bertz CT molecular complexity index is 827. The number of benzene rings is 2. The number of anilines is 1. The lowest BCUT2D eigenvalue weighted by molar-refractivity contribution is 0.0258. The molecular formula is C22H28N2O7. The molecule has 31 heavy (non-hydrogen) atoms. The van der Waals surface area contributed by atoms with E-state index in [1.807, 2.05) is 24.3 Å². The number of carbonyl (C=O) groups excluding carboxylic acids is 2. The van der Waals surface area contributed by atoms with Crippen LogP contribution in [0.2, 0.25) is 0 Å². The summed E-state index contributed by atoms with van der Waals surface area (Å²) in [4.78, 5) is 23.4. The predicted molar refractivity (Wildman–Crippen MR) is 115 cm³/mol. The molecular weight excluding hydrogens is 404 g/mol. The van der Waals surface area contributed by atoms with Crippen LogP contribution in [0.4, 0.5) is 10.5 Å².